The van der Waals surface area contributed by atoms with Crippen molar-refractivity contribution < 1.29 is 9.53 Å². The van der Waals surface area contributed by atoms with Crippen molar-refractivity contribution in [1.82, 2.24) is 5.32 Å². The summed E-state index contributed by atoms with van der Waals surface area (Å²) >= 11 is 6.29. The molecular formula is C16H20N2O2S2. The highest BCUT2D eigenvalue weighted by molar-refractivity contribution is 8.26. The Morgan fingerprint density at radius 2 is 2.05 bits per heavy atom. The molecule has 0 unspecified atom stereocenters. The van der Waals surface area contributed by atoms with Crippen LogP contribution in [-0.2, 0) is 4.79 Å². The first kappa shape index (κ1) is 16.8. The van der Waals surface area contributed by atoms with E-state index in [0.717, 1.165) is 30.1 Å². The average molecular weight is 336 g/mol. The molecule has 2 rings (SSSR count). The molecule has 0 spiro atoms. The first-order valence-electron chi connectivity index (χ1n) is 7.35. The van der Waals surface area contributed by atoms with E-state index in [1.54, 1.807) is 0 Å². The molecule has 0 bridgehead atoms. The van der Waals surface area contributed by atoms with Gasteiger partial charge in [-0.05, 0) is 39.0 Å². The second-order valence-electron chi connectivity index (χ2n) is 4.68. The van der Waals surface area contributed by atoms with Crippen molar-refractivity contribution in [3.8, 4) is 5.75 Å². The number of thioether (sulfide) groups is 1. The number of carbonyl (C=O) groups is 1. The van der Waals surface area contributed by atoms with Gasteiger partial charge in [0, 0.05) is 30.4 Å². The van der Waals surface area contributed by atoms with Crippen LogP contribution in [0.1, 0.15) is 26.3 Å². The smallest absolute Gasteiger partial charge is 0.263 e. The Balaban J connectivity index is 2.37. The van der Waals surface area contributed by atoms with Crippen molar-refractivity contribution in [1.29, 1.82) is 0 Å². The number of hydrogen-bond acceptors (Lipinski definition) is 5. The fourth-order valence-corrected chi connectivity index (χ4v) is 3.31. The van der Waals surface area contributed by atoms with Gasteiger partial charge < -0.3 is 15.0 Å². The van der Waals surface area contributed by atoms with Crippen LogP contribution < -0.4 is 15.0 Å². The molecule has 1 heterocycles. The zero-order chi connectivity index (χ0) is 16.1. The lowest BCUT2D eigenvalue weighted by Crippen LogP contribution is -2.21. The number of hydrogen-bond donors (Lipinski definition) is 1. The van der Waals surface area contributed by atoms with Gasteiger partial charge in [-0.3, -0.25) is 4.79 Å². The lowest BCUT2D eigenvalue weighted by atomic mass is 10.1. The first-order chi connectivity index (χ1) is 10.6. The molecule has 4 nitrogen and oxygen atoms in total. The van der Waals surface area contributed by atoms with Crippen molar-refractivity contribution in [2.45, 2.75) is 20.8 Å². The molecule has 1 aromatic rings. The normalized spacial score (nSPS) is 16.0. The van der Waals surface area contributed by atoms with E-state index >= 15 is 0 Å². The molecule has 118 valence electrons. The standard InChI is InChI=1S/C16H20N2O2S2/c1-4-18(5-2)12-8-7-11(13(10-12)20-6-3)9-14-15(19)17-16(21)22-14/h7-10H,4-6H2,1-3H3,(H,17,19,21). The Morgan fingerprint density at radius 1 is 1.32 bits per heavy atom. The molecule has 1 fully saturated rings. The van der Waals surface area contributed by atoms with Crippen LogP contribution in [0.3, 0.4) is 0 Å². The number of carbonyl (C=O) groups excluding carboxylic acids is 1. The van der Waals surface area contributed by atoms with Crippen molar-refractivity contribution in [2.75, 3.05) is 24.6 Å². The Hall–Kier alpha value is -1.53. The van der Waals surface area contributed by atoms with E-state index < -0.39 is 0 Å². The minimum Gasteiger partial charge on any atom is -0.493 e. The van der Waals surface area contributed by atoms with Crippen LogP contribution in [0.15, 0.2) is 23.1 Å². The van der Waals surface area contributed by atoms with Gasteiger partial charge in [0.05, 0.1) is 11.5 Å². The second kappa shape index (κ2) is 7.65. The zero-order valence-corrected chi connectivity index (χ0v) is 14.6. The summed E-state index contributed by atoms with van der Waals surface area (Å²) in [7, 11) is 0. The monoisotopic (exact) mass is 336 g/mol. The first-order valence-corrected chi connectivity index (χ1v) is 8.58. The number of benzene rings is 1. The summed E-state index contributed by atoms with van der Waals surface area (Å²) in [5.74, 6) is 0.635. The Morgan fingerprint density at radius 3 is 2.59 bits per heavy atom. The minimum absolute atomic E-state index is 0.148. The second-order valence-corrected chi connectivity index (χ2v) is 6.40. The maximum absolute atomic E-state index is 11.8. The van der Waals surface area contributed by atoms with E-state index in [2.05, 4.69) is 30.1 Å². The quantitative estimate of drug-likeness (QED) is 0.637. The van der Waals surface area contributed by atoms with Crippen LogP contribution in [0, 0.1) is 0 Å². The fraction of sp³-hybridized carbons (Fsp3) is 0.375. The molecule has 0 aliphatic carbocycles. The van der Waals surface area contributed by atoms with Crippen LogP contribution in [0.25, 0.3) is 6.08 Å². The topological polar surface area (TPSA) is 41.6 Å². The molecule has 1 amide bonds. The molecule has 1 aliphatic heterocycles. The molecule has 0 saturated carbocycles. The number of thiocarbonyl (C=S) groups is 1. The van der Waals surface area contributed by atoms with Gasteiger partial charge in [0.1, 0.15) is 10.1 Å². The largest absolute Gasteiger partial charge is 0.493 e. The van der Waals surface area contributed by atoms with Crippen LogP contribution in [0.4, 0.5) is 5.69 Å². The van der Waals surface area contributed by atoms with Crippen molar-refractivity contribution in [3.63, 3.8) is 0 Å². The summed E-state index contributed by atoms with van der Waals surface area (Å²) in [5.41, 5.74) is 2.01. The van der Waals surface area contributed by atoms with Crippen LogP contribution in [0.2, 0.25) is 0 Å². The van der Waals surface area contributed by atoms with Crippen molar-refractivity contribution in [3.05, 3.63) is 28.7 Å². The maximum Gasteiger partial charge on any atom is 0.263 e. The van der Waals surface area contributed by atoms with Gasteiger partial charge in [0.2, 0.25) is 0 Å². The lowest BCUT2D eigenvalue weighted by molar-refractivity contribution is -0.115. The number of ether oxygens (including phenoxy) is 1. The third-order valence-electron chi connectivity index (χ3n) is 3.35. The number of nitrogens with zero attached hydrogens (tertiary/aromatic N) is 1. The number of nitrogens with one attached hydrogen (secondary N) is 1. The summed E-state index contributed by atoms with van der Waals surface area (Å²) in [6, 6.07) is 6.07. The average Bonchev–Trinajstić information content (AvgIpc) is 2.81. The summed E-state index contributed by atoms with van der Waals surface area (Å²) in [6.45, 7) is 8.66. The van der Waals surface area contributed by atoms with Crippen LogP contribution in [0.5, 0.6) is 5.75 Å². The SMILES string of the molecule is CCOc1cc(N(CC)CC)ccc1C=C1SC(=S)NC1=O. The number of amides is 1. The zero-order valence-electron chi connectivity index (χ0n) is 13.0. The summed E-state index contributed by atoms with van der Waals surface area (Å²) in [5, 5.41) is 2.62. The third-order valence-corrected chi connectivity index (χ3v) is 4.52. The van der Waals surface area contributed by atoms with Crippen molar-refractivity contribution >= 4 is 46.0 Å². The maximum atomic E-state index is 11.8. The van der Waals surface area contributed by atoms with Crippen molar-refractivity contribution in [2.24, 2.45) is 0 Å². The van der Waals surface area contributed by atoms with E-state index in [9.17, 15) is 4.79 Å². The molecule has 1 saturated heterocycles. The molecule has 1 N–H and O–H groups in total. The van der Waals surface area contributed by atoms with E-state index in [4.69, 9.17) is 17.0 Å². The van der Waals surface area contributed by atoms with Gasteiger partial charge in [0.25, 0.3) is 5.91 Å². The Kier molecular flexibility index (Phi) is 5.85. The highest BCUT2D eigenvalue weighted by Crippen LogP contribution is 2.32. The predicted molar refractivity (Wildman–Crippen MR) is 97.5 cm³/mol. The molecule has 0 atom stereocenters. The molecule has 1 aliphatic rings. The van der Waals surface area contributed by atoms with Gasteiger partial charge >= 0.3 is 0 Å². The Labute approximate surface area is 140 Å². The fourth-order valence-electron chi connectivity index (χ4n) is 2.27. The molecular weight excluding hydrogens is 316 g/mol. The van der Waals surface area contributed by atoms with Crippen LogP contribution >= 0.6 is 24.0 Å². The van der Waals surface area contributed by atoms with Crippen LogP contribution in [-0.4, -0.2) is 29.9 Å². The van der Waals surface area contributed by atoms with Gasteiger partial charge in [-0.15, -0.1) is 0 Å². The molecule has 0 radical (unpaired) electrons. The summed E-state index contributed by atoms with van der Waals surface area (Å²) < 4.78 is 6.24. The molecule has 0 aromatic heterocycles. The highest BCUT2D eigenvalue weighted by atomic mass is 32.2. The third kappa shape index (κ3) is 3.81. The Bertz CT molecular complexity index is 610. The summed E-state index contributed by atoms with van der Waals surface area (Å²) in [4.78, 5) is 14.6. The van der Waals surface area contributed by atoms with E-state index in [-0.39, 0.29) is 5.91 Å². The molecule has 1 aromatic carbocycles. The molecule has 22 heavy (non-hydrogen) atoms. The molecule has 6 heteroatoms. The minimum atomic E-state index is -0.148. The highest BCUT2D eigenvalue weighted by Gasteiger charge is 2.22. The van der Waals surface area contributed by atoms with Gasteiger partial charge in [0.15, 0.2) is 0 Å². The van der Waals surface area contributed by atoms with Gasteiger partial charge in [-0.25, -0.2) is 0 Å². The van der Waals surface area contributed by atoms with E-state index in [0.29, 0.717) is 15.8 Å². The van der Waals surface area contributed by atoms with E-state index in [1.807, 2.05) is 25.1 Å². The van der Waals surface area contributed by atoms with Gasteiger partial charge in [-0.2, -0.15) is 0 Å². The number of anilines is 1. The van der Waals surface area contributed by atoms with E-state index in [1.165, 1.54) is 11.8 Å². The number of rotatable bonds is 6. The summed E-state index contributed by atoms with van der Waals surface area (Å²) in [6.07, 6.45) is 1.83. The lowest BCUT2D eigenvalue weighted by Gasteiger charge is -2.22. The predicted octanol–water partition coefficient (Wildman–Crippen LogP) is 3.42. The van der Waals surface area contributed by atoms with Gasteiger partial charge in [-0.1, -0.05) is 24.0 Å².